The van der Waals surface area contributed by atoms with Crippen molar-refractivity contribution in [2.45, 2.75) is 38.8 Å². The largest absolute Gasteiger partial charge is 0.347 e. The van der Waals surface area contributed by atoms with Crippen molar-refractivity contribution in [3.8, 4) is 0 Å². The van der Waals surface area contributed by atoms with Crippen LogP contribution in [-0.2, 0) is 4.79 Å². The zero-order valence-corrected chi connectivity index (χ0v) is 11.2. The summed E-state index contributed by atoms with van der Waals surface area (Å²) in [5.74, 6) is 0.567. The monoisotopic (exact) mass is 252 g/mol. The maximum Gasteiger partial charge on any atom is 0.237 e. The zero-order chi connectivity index (χ0) is 12.3. The molecule has 0 aliphatic carbocycles. The van der Waals surface area contributed by atoms with Crippen molar-refractivity contribution in [2.24, 2.45) is 5.92 Å². The summed E-state index contributed by atoms with van der Waals surface area (Å²) in [7, 11) is 0. The van der Waals surface area contributed by atoms with E-state index in [0.29, 0.717) is 5.92 Å². The zero-order valence-electron chi connectivity index (χ0n) is 10.4. The number of carbonyl (C=O) groups excluding carboxylic acids is 1. The molecule has 0 bridgehead atoms. The molecule has 2 heterocycles. The molecule has 2 rings (SSSR count). The second kappa shape index (κ2) is 5.65. The molecule has 0 saturated carbocycles. The average molecular weight is 252 g/mol. The van der Waals surface area contributed by atoms with E-state index in [2.05, 4.69) is 23.6 Å². The van der Waals surface area contributed by atoms with Gasteiger partial charge in [-0.2, -0.15) is 0 Å². The van der Waals surface area contributed by atoms with Crippen LogP contribution in [0.4, 0.5) is 0 Å². The Balaban J connectivity index is 1.92. The Labute approximate surface area is 107 Å². The summed E-state index contributed by atoms with van der Waals surface area (Å²) in [5.41, 5.74) is 0. The fourth-order valence-corrected chi connectivity index (χ4v) is 3.05. The molecule has 3 nitrogen and oxygen atoms in total. The molecule has 4 heteroatoms. The van der Waals surface area contributed by atoms with E-state index in [4.69, 9.17) is 0 Å². The summed E-state index contributed by atoms with van der Waals surface area (Å²) in [5, 5.41) is 8.44. The van der Waals surface area contributed by atoms with Gasteiger partial charge in [-0.1, -0.05) is 13.0 Å². The number of hydrogen-bond donors (Lipinski definition) is 2. The van der Waals surface area contributed by atoms with E-state index in [0.717, 1.165) is 13.0 Å². The molecule has 1 aromatic rings. The molecular formula is C13H20N2OS. The van der Waals surface area contributed by atoms with Gasteiger partial charge in [0.2, 0.25) is 5.91 Å². The van der Waals surface area contributed by atoms with Crippen molar-refractivity contribution >= 4 is 17.2 Å². The van der Waals surface area contributed by atoms with Crippen molar-refractivity contribution < 1.29 is 4.79 Å². The maximum atomic E-state index is 12.1. The molecule has 0 aromatic carbocycles. The van der Waals surface area contributed by atoms with Crippen molar-refractivity contribution in [1.82, 2.24) is 10.6 Å². The lowest BCUT2D eigenvalue weighted by atomic mass is 9.92. The first-order valence-electron chi connectivity index (χ1n) is 6.25. The summed E-state index contributed by atoms with van der Waals surface area (Å²) in [4.78, 5) is 13.4. The molecule has 1 fully saturated rings. The Morgan fingerprint density at radius 2 is 2.47 bits per heavy atom. The van der Waals surface area contributed by atoms with Gasteiger partial charge in [0.25, 0.3) is 0 Å². The van der Waals surface area contributed by atoms with Gasteiger partial charge in [-0.3, -0.25) is 4.79 Å². The number of amides is 1. The summed E-state index contributed by atoms with van der Waals surface area (Å²) < 4.78 is 0. The van der Waals surface area contributed by atoms with Gasteiger partial charge in [0.15, 0.2) is 0 Å². The highest BCUT2D eigenvalue weighted by Gasteiger charge is 2.28. The van der Waals surface area contributed by atoms with Crippen molar-refractivity contribution in [2.75, 3.05) is 6.54 Å². The molecule has 0 radical (unpaired) electrons. The molecule has 0 spiro atoms. The van der Waals surface area contributed by atoms with Crippen LogP contribution in [0.3, 0.4) is 0 Å². The van der Waals surface area contributed by atoms with Gasteiger partial charge >= 0.3 is 0 Å². The van der Waals surface area contributed by atoms with Crippen LogP contribution in [-0.4, -0.2) is 18.5 Å². The molecular weight excluding hydrogens is 232 g/mol. The van der Waals surface area contributed by atoms with Crippen LogP contribution in [0.15, 0.2) is 17.5 Å². The first-order chi connectivity index (χ1) is 8.18. The van der Waals surface area contributed by atoms with Gasteiger partial charge < -0.3 is 10.6 Å². The van der Waals surface area contributed by atoms with E-state index in [9.17, 15) is 4.79 Å². The van der Waals surface area contributed by atoms with Gasteiger partial charge in [0.05, 0.1) is 12.1 Å². The van der Waals surface area contributed by atoms with Crippen molar-refractivity contribution in [1.29, 1.82) is 0 Å². The number of thiophene rings is 1. The van der Waals surface area contributed by atoms with Gasteiger partial charge in [-0.05, 0) is 43.7 Å². The van der Waals surface area contributed by atoms with Crippen LogP contribution < -0.4 is 10.6 Å². The lowest BCUT2D eigenvalue weighted by Crippen LogP contribution is -2.51. The van der Waals surface area contributed by atoms with Gasteiger partial charge in [0, 0.05) is 4.88 Å². The van der Waals surface area contributed by atoms with Gasteiger partial charge in [-0.15, -0.1) is 11.3 Å². The van der Waals surface area contributed by atoms with E-state index in [1.807, 2.05) is 18.4 Å². The normalized spacial score (nSPS) is 26.5. The molecule has 2 unspecified atom stereocenters. The second-order valence-electron chi connectivity index (χ2n) is 4.80. The highest BCUT2D eigenvalue weighted by Crippen LogP contribution is 2.20. The Morgan fingerprint density at radius 3 is 3.12 bits per heavy atom. The Hall–Kier alpha value is -0.870. The predicted molar refractivity (Wildman–Crippen MR) is 71.1 cm³/mol. The molecule has 1 amide bonds. The standard InChI is InChI=1S/C13H20N2OS/c1-9-5-3-7-14-12(9)13(16)15-10(2)11-6-4-8-17-11/h4,6,8-10,12,14H,3,5,7H2,1-2H3,(H,15,16)/t9?,10-,12?/m0/s1. The maximum absolute atomic E-state index is 12.1. The summed E-state index contributed by atoms with van der Waals surface area (Å²) >= 11 is 1.69. The van der Waals surface area contributed by atoms with E-state index in [1.54, 1.807) is 11.3 Å². The SMILES string of the molecule is CC1CCCNC1C(=O)N[C@@H](C)c1cccs1. The molecule has 3 atom stereocenters. The van der Waals surface area contributed by atoms with Crippen molar-refractivity contribution in [3.63, 3.8) is 0 Å². The van der Waals surface area contributed by atoms with E-state index in [1.165, 1.54) is 11.3 Å². The van der Waals surface area contributed by atoms with Crippen molar-refractivity contribution in [3.05, 3.63) is 22.4 Å². The fraction of sp³-hybridized carbons (Fsp3) is 0.615. The molecule has 1 aromatic heterocycles. The summed E-state index contributed by atoms with van der Waals surface area (Å²) in [6, 6.07) is 4.17. The third-order valence-corrected chi connectivity index (χ3v) is 4.44. The Bertz CT molecular complexity index is 364. The lowest BCUT2D eigenvalue weighted by molar-refractivity contribution is -0.125. The number of piperidine rings is 1. The third-order valence-electron chi connectivity index (χ3n) is 3.38. The van der Waals surface area contributed by atoms with Crippen LogP contribution in [0.1, 0.15) is 37.6 Å². The number of carbonyl (C=O) groups is 1. The smallest absolute Gasteiger partial charge is 0.237 e. The molecule has 1 aliphatic rings. The van der Waals surface area contributed by atoms with E-state index >= 15 is 0 Å². The van der Waals surface area contributed by atoms with Crippen LogP contribution in [0, 0.1) is 5.92 Å². The number of rotatable bonds is 3. The van der Waals surface area contributed by atoms with Gasteiger partial charge in [0.1, 0.15) is 0 Å². The molecule has 2 N–H and O–H groups in total. The minimum absolute atomic E-state index is 0.0221. The summed E-state index contributed by atoms with van der Waals surface area (Å²) in [6.45, 7) is 5.14. The quantitative estimate of drug-likeness (QED) is 0.867. The topological polar surface area (TPSA) is 41.1 Å². The predicted octanol–water partition coefficient (Wildman–Crippen LogP) is 2.31. The Morgan fingerprint density at radius 1 is 1.65 bits per heavy atom. The Kier molecular flexibility index (Phi) is 4.18. The molecule has 1 saturated heterocycles. The molecule has 1 aliphatic heterocycles. The first kappa shape index (κ1) is 12.6. The van der Waals surface area contributed by atoms with E-state index < -0.39 is 0 Å². The van der Waals surface area contributed by atoms with Crippen LogP contribution in [0.25, 0.3) is 0 Å². The first-order valence-corrected chi connectivity index (χ1v) is 7.13. The minimum Gasteiger partial charge on any atom is -0.347 e. The van der Waals surface area contributed by atoms with Crippen LogP contribution in [0.5, 0.6) is 0 Å². The average Bonchev–Trinajstić information content (AvgIpc) is 2.82. The second-order valence-corrected chi connectivity index (χ2v) is 5.78. The van der Waals surface area contributed by atoms with E-state index in [-0.39, 0.29) is 18.0 Å². The highest BCUT2D eigenvalue weighted by molar-refractivity contribution is 7.10. The van der Waals surface area contributed by atoms with Crippen LogP contribution in [0.2, 0.25) is 0 Å². The fourth-order valence-electron chi connectivity index (χ4n) is 2.31. The number of nitrogens with one attached hydrogen (secondary N) is 2. The van der Waals surface area contributed by atoms with Gasteiger partial charge in [-0.25, -0.2) is 0 Å². The lowest BCUT2D eigenvalue weighted by Gasteiger charge is -2.29. The number of hydrogen-bond acceptors (Lipinski definition) is 3. The molecule has 17 heavy (non-hydrogen) atoms. The minimum atomic E-state index is -0.0221. The summed E-state index contributed by atoms with van der Waals surface area (Å²) in [6.07, 6.45) is 2.31. The molecule has 94 valence electrons. The van der Waals surface area contributed by atoms with Crippen LogP contribution >= 0.6 is 11.3 Å². The third kappa shape index (κ3) is 3.07. The highest BCUT2D eigenvalue weighted by atomic mass is 32.1.